The van der Waals surface area contributed by atoms with Gasteiger partial charge in [-0.3, -0.25) is 0 Å². The smallest absolute Gasteiger partial charge is 0.146 e. The summed E-state index contributed by atoms with van der Waals surface area (Å²) in [6.45, 7) is 0. The van der Waals surface area contributed by atoms with Crippen LogP contribution in [0, 0.1) is 11.6 Å². The lowest BCUT2D eigenvalue weighted by Gasteiger charge is -2.19. The lowest BCUT2D eigenvalue weighted by molar-refractivity contribution is 0.389. The van der Waals surface area contributed by atoms with Crippen LogP contribution >= 0.6 is 11.6 Å². The van der Waals surface area contributed by atoms with Crippen LogP contribution in [0.25, 0.3) is 0 Å². The second-order valence-corrected chi connectivity index (χ2v) is 4.70. The Kier molecular flexibility index (Phi) is 4.65. The van der Waals surface area contributed by atoms with E-state index in [1.807, 2.05) is 0 Å². The predicted octanol–water partition coefficient (Wildman–Crippen LogP) is 3.68. The van der Waals surface area contributed by atoms with E-state index < -0.39 is 17.7 Å². The molecule has 2 aromatic rings. The first kappa shape index (κ1) is 15.5. The van der Waals surface area contributed by atoms with Crippen LogP contribution < -0.4 is 15.2 Å². The maximum absolute atomic E-state index is 13.8. The van der Waals surface area contributed by atoms with E-state index in [-0.39, 0.29) is 16.3 Å². The number of hydrogen-bond donors (Lipinski definition) is 1. The molecule has 3 nitrogen and oxygen atoms in total. The lowest BCUT2D eigenvalue weighted by atomic mass is 9.97. The third kappa shape index (κ3) is 2.80. The summed E-state index contributed by atoms with van der Waals surface area (Å²) >= 11 is 6.13. The van der Waals surface area contributed by atoms with Crippen molar-refractivity contribution in [1.29, 1.82) is 0 Å². The van der Waals surface area contributed by atoms with E-state index in [4.69, 9.17) is 26.8 Å². The van der Waals surface area contributed by atoms with E-state index in [0.717, 1.165) is 12.1 Å². The highest BCUT2D eigenvalue weighted by Crippen LogP contribution is 2.41. The fraction of sp³-hybridized carbons (Fsp3) is 0.200. The normalized spacial score (nSPS) is 12.1. The molecule has 0 aliphatic rings. The molecule has 0 fully saturated rings. The summed E-state index contributed by atoms with van der Waals surface area (Å²) in [4.78, 5) is 0. The fourth-order valence-corrected chi connectivity index (χ4v) is 2.45. The van der Waals surface area contributed by atoms with Crippen LogP contribution in [0.5, 0.6) is 11.5 Å². The van der Waals surface area contributed by atoms with Crippen molar-refractivity contribution < 1.29 is 18.3 Å². The Morgan fingerprint density at radius 1 is 1.05 bits per heavy atom. The number of halogens is 3. The third-order valence-electron chi connectivity index (χ3n) is 3.16. The fourth-order valence-electron chi connectivity index (χ4n) is 2.13. The van der Waals surface area contributed by atoms with E-state index in [9.17, 15) is 8.78 Å². The SMILES string of the molecule is COc1ccc(C(N)c2c(F)cccc2F)c(OC)c1Cl. The van der Waals surface area contributed by atoms with Crippen molar-refractivity contribution >= 4 is 11.6 Å². The Labute approximate surface area is 126 Å². The van der Waals surface area contributed by atoms with Gasteiger partial charge < -0.3 is 15.2 Å². The van der Waals surface area contributed by atoms with Gasteiger partial charge in [0.2, 0.25) is 0 Å². The number of nitrogens with two attached hydrogens (primary N) is 1. The van der Waals surface area contributed by atoms with Crippen molar-refractivity contribution in [3.05, 3.63) is 58.1 Å². The molecule has 2 rings (SSSR count). The van der Waals surface area contributed by atoms with Gasteiger partial charge in [-0.25, -0.2) is 8.78 Å². The van der Waals surface area contributed by atoms with Crippen molar-refractivity contribution in [2.45, 2.75) is 6.04 Å². The molecule has 0 aliphatic heterocycles. The number of ether oxygens (including phenoxy) is 2. The summed E-state index contributed by atoms with van der Waals surface area (Å²) in [5.74, 6) is -0.836. The maximum atomic E-state index is 13.8. The Balaban J connectivity index is 2.59. The van der Waals surface area contributed by atoms with Crippen LogP contribution in [0.1, 0.15) is 17.2 Å². The number of benzene rings is 2. The molecule has 21 heavy (non-hydrogen) atoms. The molecule has 0 amide bonds. The minimum absolute atomic E-state index is 0.199. The van der Waals surface area contributed by atoms with E-state index in [1.54, 1.807) is 12.1 Å². The molecule has 0 heterocycles. The van der Waals surface area contributed by atoms with Gasteiger partial charge >= 0.3 is 0 Å². The standard InChI is InChI=1S/C15H14ClF2NO2/c1-20-11-7-6-8(15(21-2)13(11)16)14(19)12-9(17)4-3-5-10(12)18/h3-7,14H,19H2,1-2H3. The molecule has 0 saturated heterocycles. The van der Waals surface area contributed by atoms with Crippen molar-refractivity contribution in [3.63, 3.8) is 0 Å². The maximum Gasteiger partial charge on any atom is 0.146 e. The molecular weight excluding hydrogens is 300 g/mol. The topological polar surface area (TPSA) is 44.5 Å². The van der Waals surface area contributed by atoms with E-state index in [0.29, 0.717) is 11.3 Å². The molecule has 0 aromatic heterocycles. The second-order valence-electron chi connectivity index (χ2n) is 4.32. The van der Waals surface area contributed by atoms with E-state index in [2.05, 4.69) is 0 Å². The molecule has 1 unspecified atom stereocenters. The summed E-state index contributed by atoms with van der Waals surface area (Å²) in [5, 5.41) is 0.199. The summed E-state index contributed by atoms with van der Waals surface area (Å²) in [7, 11) is 2.85. The van der Waals surface area contributed by atoms with Gasteiger partial charge in [-0.2, -0.15) is 0 Å². The van der Waals surface area contributed by atoms with E-state index in [1.165, 1.54) is 20.3 Å². The highest BCUT2D eigenvalue weighted by atomic mass is 35.5. The minimum atomic E-state index is -1.05. The zero-order chi connectivity index (χ0) is 15.6. The number of methoxy groups -OCH3 is 2. The van der Waals surface area contributed by atoms with Gasteiger partial charge in [0.25, 0.3) is 0 Å². The molecule has 0 aliphatic carbocycles. The monoisotopic (exact) mass is 313 g/mol. The molecule has 6 heteroatoms. The molecule has 0 saturated carbocycles. The molecule has 0 radical (unpaired) electrons. The average Bonchev–Trinajstić information content (AvgIpc) is 2.46. The van der Waals surface area contributed by atoms with Crippen LogP contribution in [-0.4, -0.2) is 14.2 Å². The van der Waals surface area contributed by atoms with Crippen molar-refractivity contribution in [2.24, 2.45) is 5.73 Å². The summed E-state index contributed by atoms with van der Waals surface area (Å²) < 4.78 is 38.0. The zero-order valence-corrected chi connectivity index (χ0v) is 12.2. The number of hydrogen-bond acceptors (Lipinski definition) is 3. The van der Waals surface area contributed by atoms with Gasteiger partial charge in [0, 0.05) is 11.1 Å². The summed E-state index contributed by atoms with van der Waals surface area (Å²) in [6.07, 6.45) is 0. The van der Waals surface area contributed by atoms with Gasteiger partial charge in [-0.1, -0.05) is 17.7 Å². The molecule has 112 valence electrons. The van der Waals surface area contributed by atoms with Crippen LogP contribution in [0.15, 0.2) is 30.3 Å². The predicted molar refractivity (Wildman–Crippen MR) is 76.9 cm³/mol. The van der Waals surface area contributed by atoms with E-state index >= 15 is 0 Å². The Bertz CT molecular complexity index is 644. The minimum Gasteiger partial charge on any atom is -0.495 e. The quantitative estimate of drug-likeness (QED) is 0.936. The highest BCUT2D eigenvalue weighted by molar-refractivity contribution is 6.33. The van der Waals surface area contributed by atoms with Gasteiger partial charge in [-0.15, -0.1) is 0 Å². The Morgan fingerprint density at radius 3 is 2.19 bits per heavy atom. The average molecular weight is 314 g/mol. The van der Waals surface area contributed by atoms with Crippen LogP contribution in [0.3, 0.4) is 0 Å². The summed E-state index contributed by atoms with van der Waals surface area (Å²) in [6, 6.07) is 5.66. The highest BCUT2D eigenvalue weighted by Gasteiger charge is 2.24. The molecule has 0 spiro atoms. The van der Waals surface area contributed by atoms with Crippen LogP contribution in [0.2, 0.25) is 5.02 Å². The first-order valence-electron chi connectivity index (χ1n) is 6.11. The number of rotatable bonds is 4. The molecule has 2 aromatic carbocycles. The molecule has 0 bridgehead atoms. The molecular formula is C15H14ClF2NO2. The van der Waals surface area contributed by atoms with Crippen molar-refractivity contribution in [2.75, 3.05) is 14.2 Å². The van der Waals surface area contributed by atoms with Gasteiger partial charge in [-0.05, 0) is 24.3 Å². The Hall–Kier alpha value is -1.85. The van der Waals surface area contributed by atoms with Crippen LogP contribution in [0.4, 0.5) is 8.78 Å². The van der Waals surface area contributed by atoms with Crippen molar-refractivity contribution in [3.8, 4) is 11.5 Å². The largest absolute Gasteiger partial charge is 0.495 e. The first-order chi connectivity index (χ1) is 10.0. The second kappa shape index (κ2) is 6.28. The van der Waals surface area contributed by atoms with Gasteiger partial charge in [0.05, 0.1) is 20.3 Å². The van der Waals surface area contributed by atoms with Crippen molar-refractivity contribution in [1.82, 2.24) is 0 Å². The van der Waals surface area contributed by atoms with Gasteiger partial charge in [0.15, 0.2) is 0 Å². The third-order valence-corrected chi connectivity index (χ3v) is 3.52. The molecule has 2 N–H and O–H groups in total. The first-order valence-corrected chi connectivity index (χ1v) is 6.49. The van der Waals surface area contributed by atoms with Gasteiger partial charge in [0.1, 0.15) is 28.2 Å². The zero-order valence-electron chi connectivity index (χ0n) is 11.5. The van der Waals surface area contributed by atoms with Crippen LogP contribution in [-0.2, 0) is 0 Å². The summed E-state index contributed by atoms with van der Waals surface area (Å²) in [5.41, 5.74) is 6.12. The molecule has 1 atom stereocenters. The lowest BCUT2D eigenvalue weighted by Crippen LogP contribution is -2.17. The Morgan fingerprint density at radius 2 is 1.67 bits per heavy atom.